The summed E-state index contributed by atoms with van der Waals surface area (Å²) in [5.41, 5.74) is 1.03. The lowest BCUT2D eigenvalue weighted by Crippen LogP contribution is -2.35. The first-order chi connectivity index (χ1) is 13.6. The Balaban J connectivity index is 1.27. The van der Waals surface area contributed by atoms with Gasteiger partial charge in [-0.25, -0.2) is 4.79 Å². The van der Waals surface area contributed by atoms with Crippen LogP contribution in [0.5, 0.6) is 0 Å². The molecule has 1 aliphatic heterocycles. The molecule has 0 bridgehead atoms. The third-order valence-corrected chi connectivity index (χ3v) is 5.27. The summed E-state index contributed by atoms with van der Waals surface area (Å²) >= 11 is 0. The molecular weight excluding hydrogens is 358 g/mol. The van der Waals surface area contributed by atoms with E-state index in [1.165, 1.54) is 0 Å². The summed E-state index contributed by atoms with van der Waals surface area (Å²) in [6.45, 7) is 1.07. The van der Waals surface area contributed by atoms with Crippen LogP contribution in [0.2, 0.25) is 0 Å². The lowest BCUT2D eigenvalue weighted by Gasteiger charge is -2.18. The number of rotatable bonds is 8. The summed E-state index contributed by atoms with van der Waals surface area (Å²) in [4.78, 5) is 42.5. The number of carbonyl (C=O) groups is 3. The van der Waals surface area contributed by atoms with Crippen molar-refractivity contribution in [1.29, 1.82) is 0 Å². The maximum atomic E-state index is 12.6. The van der Waals surface area contributed by atoms with Gasteiger partial charge in [0.2, 0.25) is 0 Å². The molecule has 0 saturated heterocycles. The number of imide groups is 1. The topological polar surface area (TPSA) is 72.9 Å². The second-order valence-electron chi connectivity index (χ2n) is 7.25. The largest absolute Gasteiger partial charge is 0.377 e. The highest BCUT2D eigenvalue weighted by atomic mass is 16.7. The standard InChI is InChI=1S/C22H21NO5/c24-19-17-9-4-5-10-18(17)20(25)23(19)28-21(26)22(12-13-22)11-6-14-27-15-16-7-2-1-3-8-16/h1-5,7-10H,6,11-15H2. The fourth-order valence-electron chi connectivity index (χ4n) is 3.41. The summed E-state index contributed by atoms with van der Waals surface area (Å²) in [7, 11) is 0. The number of carbonyl (C=O) groups excluding carboxylic acids is 3. The van der Waals surface area contributed by atoms with Crippen molar-refractivity contribution >= 4 is 17.8 Å². The number of benzene rings is 2. The van der Waals surface area contributed by atoms with Gasteiger partial charge in [-0.05, 0) is 43.4 Å². The van der Waals surface area contributed by atoms with Crippen LogP contribution in [0.1, 0.15) is 52.0 Å². The highest BCUT2D eigenvalue weighted by molar-refractivity contribution is 6.20. The van der Waals surface area contributed by atoms with Gasteiger partial charge in [0.25, 0.3) is 11.8 Å². The van der Waals surface area contributed by atoms with Crippen LogP contribution in [-0.4, -0.2) is 29.5 Å². The van der Waals surface area contributed by atoms with E-state index in [0.717, 1.165) is 5.56 Å². The van der Waals surface area contributed by atoms with Crippen molar-refractivity contribution in [2.75, 3.05) is 6.61 Å². The number of hydrogen-bond donors (Lipinski definition) is 0. The molecular formula is C22H21NO5. The number of nitrogens with zero attached hydrogens (tertiary/aromatic N) is 1. The van der Waals surface area contributed by atoms with Crippen LogP contribution in [0.3, 0.4) is 0 Å². The molecule has 0 N–H and O–H groups in total. The van der Waals surface area contributed by atoms with E-state index in [4.69, 9.17) is 9.57 Å². The molecule has 2 aromatic rings. The maximum Gasteiger partial charge on any atom is 0.339 e. The van der Waals surface area contributed by atoms with Crippen LogP contribution < -0.4 is 0 Å². The molecule has 2 amide bonds. The highest BCUT2D eigenvalue weighted by Crippen LogP contribution is 2.51. The zero-order valence-corrected chi connectivity index (χ0v) is 15.4. The fraction of sp³-hybridized carbons (Fsp3) is 0.318. The molecule has 0 unspecified atom stereocenters. The van der Waals surface area contributed by atoms with E-state index in [1.54, 1.807) is 24.3 Å². The molecule has 2 aromatic carbocycles. The van der Waals surface area contributed by atoms with Gasteiger partial charge in [-0.2, -0.15) is 0 Å². The molecule has 6 nitrogen and oxygen atoms in total. The van der Waals surface area contributed by atoms with E-state index in [-0.39, 0.29) is 11.1 Å². The third-order valence-electron chi connectivity index (χ3n) is 5.27. The lowest BCUT2D eigenvalue weighted by molar-refractivity contribution is -0.176. The van der Waals surface area contributed by atoms with Crippen LogP contribution in [-0.2, 0) is 21.0 Å². The average Bonchev–Trinajstić information content (AvgIpc) is 3.48. The second-order valence-corrected chi connectivity index (χ2v) is 7.25. The predicted molar refractivity (Wildman–Crippen MR) is 100 cm³/mol. The molecule has 28 heavy (non-hydrogen) atoms. The first-order valence-electron chi connectivity index (χ1n) is 9.43. The van der Waals surface area contributed by atoms with Crippen LogP contribution in [0.15, 0.2) is 54.6 Å². The van der Waals surface area contributed by atoms with Gasteiger partial charge in [-0.1, -0.05) is 47.5 Å². The van der Waals surface area contributed by atoms with Gasteiger partial charge in [0.1, 0.15) is 0 Å². The van der Waals surface area contributed by atoms with Crippen molar-refractivity contribution in [2.24, 2.45) is 5.41 Å². The van der Waals surface area contributed by atoms with Crippen LogP contribution >= 0.6 is 0 Å². The minimum Gasteiger partial charge on any atom is -0.377 e. The third kappa shape index (κ3) is 3.55. The molecule has 0 atom stereocenters. The van der Waals surface area contributed by atoms with E-state index < -0.39 is 23.2 Å². The van der Waals surface area contributed by atoms with Crippen molar-refractivity contribution in [2.45, 2.75) is 32.3 Å². The number of hydrogen-bond acceptors (Lipinski definition) is 5. The quantitative estimate of drug-likeness (QED) is 0.518. The zero-order valence-electron chi connectivity index (χ0n) is 15.4. The Morgan fingerprint density at radius 2 is 1.54 bits per heavy atom. The lowest BCUT2D eigenvalue weighted by atomic mass is 10.0. The van der Waals surface area contributed by atoms with Gasteiger partial charge in [-0.15, -0.1) is 0 Å². The molecule has 1 heterocycles. The van der Waals surface area contributed by atoms with Gasteiger partial charge < -0.3 is 9.57 Å². The zero-order chi connectivity index (χ0) is 19.6. The van der Waals surface area contributed by atoms with Crippen molar-refractivity contribution in [3.8, 4) is 0 Å². The van der Waals surface area contributed by atoms with Crippen molar-refractivity contribution < 1.29 is 24.0 Å². The monoisotopic (exact) mass is 379 g/mol. The minimum atomic E-state index is -0.606. The van der Waals surface area contributed by atoms with E-state index in [9.17, 15) is 14.4 Å². The minimum absolute atomic E-state index is 0.263. The van der Waals surface area contributed by atoms with Gasteiger partial charge >= 0.3 is 5.97 Å². The molecule has 4 rings (SSSR count). The number of amides is 2. The Kier molecular flexibility index (Phi) is 4.96. The Labute approximate surface area is 163 Å². The first-order valence-corrected chi connectivity index (χ1v) is 9.43. The van der Waals surface area contributed by atoms with Crippen molar-refractivity contribution in [3.05, 3.63) is 71.3 Å². The SMILES string of the molecule is O=C1c2ccccc2C(=O)N1OC(=O)C1(CCCOCc2ccccc2)CC1. The molecule has 6 heteroatoms. The van der Waals surface area contributed by atoms with Crippen LogP contribution in [0, 0.1) is 5.41 Å². The van der Waals surface area contributed by atoms with Gasteiger partial charge in [-0.3, -0.25) is 9.59 Å². The summed E-state index contributed by atoms with van der Waals surface area (Å²) in [5, 5.41) is 0.596. The molecule has 1 saturated carbocycles. The molecule has 144 valence electrons. The number of hydroxylamine groups is 2. The van der Waals surface area contributed by atoms with E-state index in [0.29, 0.717) is 44.0 Å². The average molecular weight is 379 g/mol. The molecule has 0 radical (unpaired) electrons. The molecule has 0 spiro atoms. The first kappa shape index (κ1) is 18.4. The van der Waals surface area contributed by atoms with E-state index >= 15 is 0 Å². The molecule has 1 fully saturated rings. The smallest absolute Gasteiger partial charge is 0.339 e. The fourth-order valence-corrected chi connectivity index (χ4v) is 3.41. The Bertz CT molecular complexity index is 869. The predicted octanol–water partition coefficient (Wildman–Crippen LogP) is 3.52. The number of ether oxygens (including phenoxy) is 1. The Morgan fingerprint density at radius 1 is 0.929 bits per heavy atom. The van der Waals surface area contributed by atoms with Gasteiger partial charge in [0.05, 0.1) is 23.1 Å². The summed E-state index contributed by atoms with van der Waals surface area (Å²) in [6.07, 6.45) is 2.73. The maximum absolute atomic E-state index is 12.6. The van der Waals surface area contributed by atoms with Gasteiger partial charge in [0, 0.05) is 6.61 Å². The summed E-state index contributed by atoms with van der Waals surface area (Å²) in [6, 6.07) is 16.4. The highest BCUT2D eigenvalue weighted by Gasteiger charge is 2.53. The normalized spacial score (nSPS) is 16.8. The van der Waals surface area contributed by atoms with E-state index in [2.05, 4.69) is 0 Å². The van der Waals surface area contributed by atoms with Gasteiger partial charge in [0.15, 0.2) is 0 Å². The second kappa shape index (κ2) is 7.56. The molecule has 0 aromatic heterocycles. The van der Waals surface area contributed by atoms with Crippen molar-refractivity contribution in [3.63, 3.8) is 0 Å². The van der Waals surface area contributed by atoms with Crippen LogP contribution in [0.4, 0.5) is 0 Å². The molecule has 1 aliphatic carbocycles. The van der Waals surface area contributed by atoms with Crippen LogP contribution in [0.25, 0.3) is 0 Å². The summed E-state index contributed by atoms with van der Waals surface area (Å²) < 4.78 is 5.66. The van der Waals surface area contributed by atoms with E-state index in [1.807, 2.05) is 30.3 Å². The Morgan fingerprint density at radius 3 is 2.14 bits per heavy atom. The Hall–Kier alpha value is -2.99. The summed E-state index contributed by atoms with van der Waals surface area (Å²) in [5.74, 6) is -1.68. The molecule has 2 aliphatic rings. The number of fused-ring (bicyclic) bond motifs is 1. The van der Waals surface area contributed by atoms with Crippen molar-refractivity contribution in [1.82, 2.24) is 5.06 Å².